The summed E-state index contributed by atoms with van der Waals surface area (Å²) in [4.78, 5) is 54.3. The fourth-order valence-corrected chi connectivity index (χ4v) is 4.19. The molecular weight excluding hydrogens is 470 g/mol. The van der Waals surface area contributed by atoms with Crippen molar-refractivity contribution in [2.75, 3.05) is 6.61 Å². The third-order valence-electron chi connectivity index (χ3n) is 5.67. The molecule has 1 fully saturated rings. The van der Waals surface area contributed by atoms with E-state index in [4.69, 9.17) is 16.3 Å². The average Bonchev–Trinajstić information content (AvgIpc) is 3.00. The molecule has 2 aromatic carbocycles. The molecule has 2 aromatic rings. The number of carbonyl (C=O) groups excluding carboxylic acids is 4. The average molecular weight is 500 g/mol. The lowest BCUT2D eigenvalue weighted by Crippen LogP contribution is -2.52. The number of nitrogens with one attached hydrogen (secondary N) is 1. The largest absolute Gasteiger partial charge is 0.350 e. The highest BCUT2D eigenvalue weighted by atomic mass is 35.5. The highest BCUT2D eigenvalue weighted by Gasteiger charge is 2.49. The van der Waals surface area contributed by atoms with Gasteiger partial charge in [-0.15, -0.1) is 0 Å². The second-order valence-electron chi connectivity index (χ2n) is 9.50. The smallest absolute Gasteiger partial charge is 0.348 e. The van der Waals surface area contributed by atoms with Crippen molar-refractivity contribution in [3.8, 4) is 0 Å². The Kier molecular flexibility index (Phi) is 7.97. The monoisotopic (exact) mass is 499 g/mol. The molecule has 1 saturated heterocycles. The number of amides is 4. The molecule has 9 heteroatoms. The van der Waals surface area contributed by atoms with Crippen LogP contribution < -0.4 is 5.43 Å². The third kappa shape index (κ3) is 5.71. The summed E-state index contributed by atoms with van der Waals surface area (Å²) in [5, 5.41) is 0.858. The Balaban J connectivity index is 1.88. The zero-order chi connectivity index (χ0) is 25.9. The lowest BCUT2D eigenvalue weighted by atomic mass is 9.75. The third-order valence-corrected chi connectivity index (χ3v) is 6.00. The molecule has 0 bridgehead atoms. The number of Topliss-reactive ketones (excluding diaryl/α,β-unsaturated/α-hetero) is 1. The van der Waals surface area contributed by atoms with Gasteiger partial charge in [-0.1, -0.05) is 74.3 Å². The van der Waals surface area contributed by atoms with Crippen molar-refractivity contribution in [3.05, 3.63) is 70.2 Å². The quantitative estimate of drug-likeness (QED) is 0.331. The van der Waals surface area contributed by atoms with Crippen LogP contribution in [-0.2, 0) is 20.9 Å². The van der Waals surface area contributed by atoms with Gasteiger partial charge in [0.25, 0.3) is 11.8 Å². The lowest BCUT2D eigenvalue weighted by Gasteiger charge is -2.30. The fourth-order valence-electron chi connectivity index (χ4n) is 3.98. The fraction of sp³-hybridized carbons (Fsp3) is 0.385. The number of ketones is 1. The van der Waals surface area contributed by atoms with E-state index in [1.165, 1.54) is 4.90 Å². The molecule has 186 valence electrons. The minimum absolute atomic E-state index is 0.114. The van der Waals surface area contributed by atoms with E-state index in [1.807, 2.05) is 37.3 Å². The van der Waals surface area contributed by atoms with Crippen LogP contribution in [0.15, 0.2) is 48.5 Å². The standard InChI is InChI=1S/C26H30ClN3O5/c1-6-35-24-23(33)30(25(34)29(24)15-17-10-8-7-9-11-17)28-22(32)20(26(3,4)5)21(31)18-14-16(2)12-13-19(18)27/h7-14,20,24H,6,15H2,1-5H3,(H,28,32). The first-order valence-corrected chi connectivity index (χ1v) is 11.7. The first-order chi connectivity index (χ1) is 16.5. The van der Waals surface area contributed by atoms with Gasteiger partial charge in [-0.05, 0) is 37.0 Å². The number of halogens is 1. The predicted molar refractivity (Wildman–Crippen MR) is 131 cm³/mol. The van der Waals surface area contributed by atoms with Crippen LogP contribution in [0, 0.1) is 18.3 Å². The number of benzene rings is 2. The van der Waals surface area contributed by atoms with Crippen molar-refractivity contribution >= 4 is 35.2 Å². The van der Waals surface area contributed by atoms with Crippen molar-refractivity contribution in [2.24, 2.45) is 11.3 Å². The number of hydrogen-bond acceptors (Lipinski definition) is 5. The molecule has 0 saturated carbocycles. The van der Waals surface area contributed by atoms with Gasteiger partial charge in [0.1, 0.15) is 5.92 Å². The summed E-state index contributed by atoms with van der Waals surface area (Å²) in [5.41, 5.74) is 3.37. The number of carbonyl (C=O) groups is 4. The number of imide groups is 1. The SMILES string of the molecule is CCOC1C(=O)N(NC(=O)C(C(=O)c2cc(C)ccc2Cl)C(C)(C)C)C(=O)N1Cc1ccccc1. The Labute approximate surface area is 210 Å². The molecule has 2 atom stereocenters. The molecule has 1 N–H and O–H groups in total. The molecule has 0 spiro atoms. The molecule has 0 radical (unpaired) electrons. The minimum atomic E-state index is -1.21. The van der Waals surface area contributed by atoms with Crippen molar-refractivity contribution in [1.82, 2.24) is 15.3 Å². The summed E-state index contributed by atoms with van der Waals surface area (Å²) < 4.78 is 5.53. The highest BCUT2D eigenvalue weighted by Crippen LogP contribution is 2.32. The van der Waals surface area contributed by atoms with E-state index in [0.29, 0.717) is 5.01 Å². The van der Waals surface area contributed by atoms with Gasteiger partial charge in [0.05, 0.1) is 11.6 Å². The molecule has 35 heavy (non-hydrogen) atoms. The first-order valence-electron chi connectivity index (χ1n) is 11.4. The molecule has 1 heterocycles. The number of ether oxygens (including phenoxy) is 1. The van der Waals surface area contributed by atoms with Gasteiger partial charge in [-0.25, -0.2) is 4.79 Å². The van der Waals surface area contributed by atoms with Gasteiger partial charge in [0.2, 0.25) is 6.23 Å². The van der Waals surface area contributed by atoms with Crippen LogP contribution in [0.4, 0.5) is 4.79 Å². The van der Waals surface area contributed by atoms with Crippen LogP contribution in [0.25, 0.3) is 0 Å². The summed E-state index contributed by atoms with van der Waals surface area (Å²) in [6, 6.07) is 13.4. The maximum Gasteiger partial charge on any atom is 0.348 e. The van der Waals surface area contributed by atoms with Crippen molar-refractivity contribution in [2.45, 2.75) is 47.4 Å². The van der Waals surface area contributed by atoms with Crippen molar-refractivity contribution in [3.63, 3.8) is 0 Å². The zero-order valence-electron chi connectivity index (χ0n) is 20.5. The molecule has 8 nitrogen and oxygen atoms in total. The van der Waals surface area contributed by atoms with E-state index in [9.17, 15) is 19.2 Å². The van der Waals surface area contributed by atoms with Gasteiger partial charge in [-0.2, -0.15) is 5.01 Å². The van der Waals surface area contributed by atoms with Gasteiger partial charge in [-0.3, -0.25) is 24.7 Å². The van der Waals surface area contributed by atoms with Crippen molar-refractivity contribution in [1.29, 1.82) is 0 Å². The Morgan fingerprint density at radius 3 is 2.37 bits per heavy atom. The van der Waals surface area contributed by atoms with Crippen LogP contribution in [-0.4, -0.2) is 46.4 Å². The number of hydrogen-bond donors (Lipinski definition) is 1. The second kappa shape index (κ2) is 10.6. The summed E-state index contributed by atoms with van der Waals surface area (Å²) in [6.07, 6.45) is -1.19. The van der Waals surface area contributed by atoms with Crippen LogP contribution in [0.2, 0.25) is 5.02 Å². The molecule has 4 amide bonds. The normalized spacial score (nSPS) is 17.0. The van der Waals surface area contributed by atoms with E-state index in [-0.39, 0.29) is 23.7 Å². The van der Waals surface area contributed by atoms with Crippen LogP contribution in [0.5, 0.6) is 0 Å². The zero-order valence-corrected chi connectivity index (χ0v) is 21.3. The minimum Gasteiger partial charge on any atom is -0.350 e. The van der Waals surface area contributed by atoms with E-state index in [2.05, 4.69) is 5.43 Å². The Hall–Kier alpha value is -3.23. The topological polar surface area (TPSA) is 96.0 Å². The maximum absolute atomic E-state index is 13.4. The Morgan fingerprint density at radius 1 is 1.11 bits per heavy atom. The highest BCUT2D eigenvalue weighted by molar-refractivity contribution is 6.34. The van der Waals surface area contributed by atoms with Gasteiger partial charge >= 0.3 is 6.03 Å². The van der Waals surface area contributed by atoms with Gasteiger partial charge in [0, 0.05) is 12.2 Å². The summed E-state index contributed by atoms with van der Waals surface area (Å²) in [7, 11) is 0. The number of hydrazine groups is 1. The first kappa shape index (κ1) is 26.4. The molecule has 0 aromatic heterocycles. The van der Waals surface area contributed by atoms with Gasteiger partial charge < -0.3 is 4.74 Å². The molecule has 1 aliphatic rings. The summed E-state index contributed by atoms with van der Waals surface area (Å²) in [5.74, 6) is -3.21. The number of aryl methyl sites for hydroxylation is 1. The van der Waals surface area contributed by atoms with Crippen LogP contribution in [0.1, 0.15) is 49.2 Å². The van der Waals surface area contributed by atoms with Crippen LogP contribution in [0.3, 0.4) is 0 Å². The molecule has 3 rings (SSSR count). The van der Waals surface area contributed by atoms with E-state index in [1.54, 1.807) is 45.9 Å². The van der Waals surface area contributed by atoms with Crippen LogP contribution >= 0.6 is 11.6 Å². The Bertz CT molecular complexity index is 1130. The van der Waals surface area contributed by atoms with E-state index in [0.717, 1.165) is 11.1 Å². The summed E-state index contributed by atoms with van der Waals surface area (Å²) in [6.45, 7) is 9.02. The lowest BCUT2D eigenvalue weighted by molar-refractivity contribution is -0.147. The van der Waals surface area contributed by atoms with E-state index >= 15 is 0 Å². The molecule has 0 aliphatic carbocycles. The molecule has 2 unspecified atom stereocenters. The Morgan fingerprint density at radius 2 is 1.77 bits per heavy atom. The number of urea groups is 1. The number of rotatable bonds is 8. The maximum atomic E-state index is 13.4. The summed E-state index contributed by atoms with van der Waals surface area (Å²) >= 11 is 6.26. The molecular formula is C26H30ClN3O5. The van der Waals surface area contributed by atoms with Crippen molar-refractivity contribution < 1.29 is 23.9 Å². The molecule has 1 aliphatic heterocycles. The second-order valence-corrected chi connectivity index (χ2v) is 9.91. The van der Waals surface area contributed by atoms with Gasteiger partial charge in [0.15, 0.2) is 5.78 Å². The predicted octanol–water partition coefficient (Wildman–Crippen LogP) is 4.35. The van der Waals surface area contributed by atoms with E-state index < -0.39 is 41.2 Å². The number of nitrogens with zero attached hydrogens (tertiary/aromatic N) is 2.